The maximum absolute atomic E-state index is 5.91. The number of nitrogens with zero attached hydrogens (tertiary/aromatic N) is 3. The molecule has 1 heterocycles. The summed E-state index contributed by atoms with van der Waals surface area (Å²) in [5.41, 5.74) is 6.56. The molecule has 1 aromatic heterocycles. The lowest BCUT2D eigenvalue weighted by Crippen LogP contribution is -2.30. The zero-order valence-corrected chi connectivity index (χ0v) is 19.9. The van der Waals surface area contributed by atoms with Crippen molar-refractivity contribution in [2.45, 2.75) is 6.54 Å². The van der Waals surface area contributed by atoms with E-state index in [1.807, 2.05) is 30.7 Å². The minimum absolute atomic E-state index is 0.575. The number of aromatic amines is 1. The minimum atomic E-state index is 0.575. The second kappa shape index (κ2) is 11.7. The van der Waals surface area contributed by atoms with Crippen LogP contribution < -0.4 is 9.47 Å². The van der Waals surface area contributed by atoms with E-state index < -0.39 is 0 Å². The molecule has 0 bridgehead atoms. The third kappa shape index (κ3) is 6.47. The number of imidazole rings is 1. The summed E-state index contributed by atoms with van der Waals surface area (Å²) in [7, 11) is 0. The molecule has 1 N–H and O–H groups in total. The van der Waals surface area contributed by atoms with Gasteiger partial charge in [0.15, 0.2) is 5.69 Å². The van der Waals surface area contributed by atoms with Gasteiger partial charge in [0.1, 0.15) is 12.7 Å². The number of aliphatic imine (C=N–C) groups is 1. The monoisotopic (exact) mass is 477 g/mol. The van der Waals surface area contributed by atoms with E-state index in [1.54, 1.807) is 0 Å². The van der Waals surface area contributed by atoms with Crippen molar-refractivity contribution in [3.05, 3.63) is 103 Å². The van der Waals surface area contributed by atoms with E-state index in [2.05, 4.69) is 86.3 Å². The van der Waals surface area contributed by atoms with E-state index in [0.29, 0.717) is 11.8 Å². The predicted octanol–water partition coefficient (Wildman–Crippen LogP) is 6.05. The summed E-state index contributed by atoms with van der Waals surface area (Å²) in [4.78, 5) is 10.2. The summed E-state index contributed by atoms with van der Waals surface area (Å²) in [5.74, 6) is 1.15. The van der Waals surface area contributed by atoms with Gasteiger partial charge in [0.2, 0.25) is 6.33 Å². The lowest BCUT2D eigenvalue weighted by atomic mass is 10.1. The highest BCUT2D eigenvalue weighted by molar-refractivity contribution is 6.18. The molecule has 0 saturated heterocycles. The van der Waals surface area contributed by atoms with E-state index in [9.17, 15) is 0 Å². The number of hydrogen-bond acceptors (Lipinski definition) is 2. The summed E-state index contributed by atoms with van der Waals surface area (Å²) in [5, 5.41) is 0. The zero-order chi connectivity index (χ0) is 22.9. The van der Waals surface area contributed by atoms with Crippen LogP contribution in [0.2, 0.25) is 0 Å². The van der Waals surface area contributed by atoms with E-state index in [0.717, 1.165) is 47.8 Å². The largest absolute Gasteiger partial charge is 0.369 e. The van der Waals surface area contributed by atoms with Crippen molar-refractivity contribution in [2.24, 2.45) is 4.99 Å². The predicted molar refractivity (Wildman–Crippen MR) is 139 cm³/mol. The van der Waals surface area contributed by atoms with Crippen LogP contribution >= 0.6 is 23.2 Å². The fraction of sp³-hybridized carbons (Fsp3) is 0.185. The number of halogens is 2. The van der Waals surface area contributed by atoms with Crippen molar-refractivity contribution < 1.29 is 4.57 Å². The quantitative estimate of drug-likeness (QED) is 0.168. The van der Waals surface area contributed by atoms with Crippen LogP contribution in [-0.2, 0) is 6.54 Å². The number of benzene rings is 3. The van der Waals surface area contributed by atoms with Gasteiger partial charge in [0.05, 0.1) is 5.69 Å². The Morgan fingerprint density at radius 3 is 2.21 bits per heavy atom. The molecule has 0 unspecified atom stereocenters. The van der Waals surface area contributed by atoms with E-state index >= 15 is 0 Å². The molecule has 4 aromatic rings. The van der Waals surface area contributed by atoms with Crippen molar-refractivity contribution in [3.63, 3.8) is 0 Å². The number of aromatic nitrogens is 2. The van der Waals surface area contributed by atoms with Crippen molar-refractivity contribution in [2.75, 3.05) is 29.7 Å². The Bertz CT molecular complexity index is 1150. The summed E-state index contributed by atoms with van der Waals surface area (Å²) in [6.07, 6.45) is 6.01. The maximum atomic E-state index is 5.91. The second-order valence-corrected chi connectivity index (χ2v) is 8.49. The highest BCUT2D eigenvalue weighted by atomic mass is 35.5. The van der Waals surface area contributed by atoms with E-state index in [-0.39, 0.29) is 0 Å². The first-order valence-corrected chi connectivity index (χ1v) is 12.0. The first-order chi connectivity index (χ1) is 16.2. The van der Waals surface area contributed by atoms with Crippen LogP contribution in [0.15, 0.2) is 96.4 Å². The molecule has 4 rings (SSSR count). The molecule has 0 aliphatic heterocycles. The van der Waals surface area contributed by atoms with Gasteiger partial charge in [-0.2, -0.15) is 0 Å². The number of rotatable bonds is 10. The Morgan fingerprint density at radius 1 is 0.848 bits per heavy atom. The van der Waals surface area contributed by atoms with Crippen LogP contribution in [0.3, 0.4) is 0 Å². The molecule has 0 fully saturated rings. The van der Waals surface area contributed by atoms with Gasteiger partial charge in [-0.1, -0.05) is 42.5 Å². The van der Waals surface area contributed by atoms with Gasteiger partial charge in [-0.05, 0) is 47.5 Å². The second-order valence-electron chi connectivity index (χ2n) is 7.74. The number of H-pyrrole nitrogens is 1. The van der Waals surface area contributed by atoms with Crippen LogP contribution in [0.1, 0.15) is 11.1 Å². The topological polar surface area (TPSA) is 35.3 Å². The normalized spacial score (nSPS) is 11.2. The van der Waals surface area contributed by atoms with Crippen molar-refractivity contribution in [1.82, 2.24) is 4.98 Å². The first kappa shape index (κ1) is 23.1. The Labute approximate surface area is 205 Å². The lowest BCUT2D eigenvalue weighted by Gasteiger charge is -2.22. The van der Waals surface area contributed by atoms with Gasteiger partial charge >= 0.3 is 0 Å². The summed E-state index contributed by atoms with van der Waals surface area (Å²) in [6, 6.07) is 27.0. The van der Waals surface area contributed by atoms with Crippen molar-refractivity contribution >= 4 is 40.8 Å². The van der Waals surface area contributed by atoms with Crippen LogP contribution in [0.5, 0.6) is 0 Å². The molecule has 0 amide bonds. The summed E-state index contributed by atoms with van der Waals surface area (Å²) in [6.45, 7) is 2.40. The number of hydrogen-bond donors (Lipinski definition) is 1. The molecule has 0 radical (unpaired) electrons. The minimum Gasteiger partial charge on any atom is -0.369 e. The van der Waals surface area contributed by atoms with E-state index in [4.69, 9.17) is 23.2 Å². The highest BCUT2D eigenvalue weighted by Gasteiger charge is 2.09. The smallest absolute Gasteiger partial charge is 0.242 e. The highest BCUT2D eigenvalue weighted by Crippen LogP contribution is 2.21. The van der Waals surface area contributed by atoms with Crippen LogP contribution in [-0.4, -0.2) is 36.0 Å². The standard InChI is InChI=1S/C27H26Cl2N4/c28-14-16-33(17-15-29)26-12-6-22(7-13-26)18-30-25-10-8-24(9-11-25)27-20-32(21-31-27)19-23-4-2-1-3-5-23/h1-13,18,20-21H,14-17,19H2/p+1. The fourth-order valence-electron chi connectivity index (χ4n) is 3.66. The van der Waals surface area contributed by atoms with E-state index in [1.165, 1.54) is 5.56 Å². The van der Waals surface area contributed by atoms with Crippen molar-refractivity contribution in [3.8, 4) is 11.3 Å². The van der Waals surface area contributed by atoms with Gasteiger partial charge in [0, 0.05) is 42.3 Å². The molecule has 6 heteroatoms. The molecule has 3 aromatic carbocycles. The SMILES string of the molecule is ClCCN(CCCl)c1ccc(C=Nc2ccc(-c3c[n+](Cc4ccccc4)c[nH]3)cc2)cc1. The molecule has 0 aliphatic rings. The fourth-order valence-corrected chi connectivity index (χ4v) is 4.07. The Hall–Kier alpha value is -3.08. The maximum Gasteiger partial charge on any atom is 0.242 e. The van der Waals surface area contributed by atoms with Crippen molar-refractivity contribution in [1.29, 1.82) is 0 Å². The number of anilines is 1. The van der Waals surface area contributed by atoms with Crippen LogP contribution in [0, 0.1) is 0 Å². The number of alkyl halides is 2. The molecule has 0 saturated carbocycles. The molecule has 0 atom stereocenters. The molecule has 168 valence electrons. The van der Waals surface area contributed by atoms with Gasteiger partial charge in [0.25, 0.3) is 0 Å². The first-order valence-electron chi connectivity index (χ1n) is 11.0. The summed E-state index contributed by atoms with van der Waals surface area (Å²) >= 11 is 11.8. The molecule has 33 heavy (non-hydrogen) atoms. The van der Waals surface area contributed by atoms with Gasteiger partial charge < -0.3 is 4.90 Å². The molecule has 4 nitrogen and oxygen atoms in total. The Balaban J connectivity index is 1.38. The Morgan fingerprint density at radius 2 is 1.55 bits per heavy atom. The number of nitrogens with one attached hydrogen (secondary N) is 1. The molecule has 0 aliphatic carbocycles. The van der Waals surface area contributed by atoms with Gasteiger partial charge in [-0.25, -0.2) is 9.55 Å². The molecular formula is C27H27Cl2N4+. The average molecular weight is 478 g/mol. The molecule has 0 spiro atoms. The molecular weight excluding hydrogens is 451 g/mol. The van der Waals surface area contributed by atoms with Gasteiger partial charge in [-0.15, -0.1) is 23.2 Å². The zero-order valence-electron chi connectivity index (χ0n) is 18.4. The van der Waals surface area contributed by atoms with Crippen LogP contribution in [0.4, 0.5) is 11.4 Å². The lowest BCUT2D eigenvalue weighted by molar-refractivity contribution is -0.686. The average Bonchev–Trinajstić information content (AvgIpc) is 3.32. The van der Waals surface area contributed by atoms with Crippen LogP contribution in [0.25, 0.3) is 11.3 Å². The third-order valence-electron chi connectivity index (χ3n) is 5.40. The Kier molecular flexibility index (Phi) is 8.18. The summed E-state index contributed by atoms with van der Waals surface area (Å²) < 4.78 is 2.15. The third-order valence-corrected chi connectivity index (χ3v) is 5.73. The van der Waals surface area contributed by atoms with Gasteiger partial charge in [-0.3, -0.25) is 4.99 Å².